The van der Waals surface area contributed by atoms with Gasteiger partial charge in [0.25, 0.3) is 0 Å². The molecule has 4 heterocycles. The third-order valence-corrected chi connectivity index (χ3v) is 13.0. The molecular weight excluding hydrogens is 717 g/mol. The fraction of sp³-hybridized carbons (Fsp3) is 0.0784. The van der Waals surface area contributed by atoms with Gasteiger partial charge in [0.1, 0.15) is 29.3 Å². The van der Waals surface area contributed by atoms with Crippen LogP contribution in [0.1, 0.15) is 40.5 Å². The van der Waals surface area contributed by atoms with Crippen LogP contribution in [0.4, 0.5) is 11.4 Å². The molecule has 0 bridgehead atoms. The summed E-state index contributed by atoms with van der Waals surface area (Å²) in [5.41, 5.74) is 11.2. The van der Waals surface area contributed by atoms with E-state index in [2.05, 4.69) is 185 Å². The van der Waals surface area contributed by atoms with Crippen molar-refractivity contribution in [3.63, 3.8) is 0 Å². The molecule has 2 aromatic heterocycles. The number of hydrogen-bond donors (Lipinski definition) is 2. The SMILES string of the molecule is C1=CC2c3ccccc3N(c3ccc4sc5ccc(-c6ccc7c(c6)oc6cc(C8N=C(c9ccccc9)NC(c9ccccc9)N8)ccc67)cc5c4c3)C2C=C1. The van der Waals surface area contributed by atoms with Crippen LogP contribution in [-0.2, 0) is 0 Å². The highest BCUT2D eigenvalue weighted by molar-refractivity contribution is 7.25. The van der Waals surface area contributed by atoms with E-state index in [0.29, 0.717) is 5.92 Å². The van der Waals surface area contributed by atoms with Crippen molar-refractivity contribution in [3.05, 3.63) is 204 Å². The minimum absolute atomic E-state index is 0.0992. The van der Waals surface area contributed by atoms with Crippen LogP contribution < -0.4 is 15.5 Å². The molecular formula is C51H36N4OS. The number of nitrogens with one attached hydrogen (secondary N) is 2. The van der Waals surface area contributed by atoms with E-state index in [4.69, 9.17) is 9.41 Å². The summed E-state index contributed by atoms with van der Waals surface area (Å²) in [5, 5.41) is 12.1. The molecule has 9 aromatic rings. The van der Waals surface area contributed by atoms with E-state index in [1.54, 1.807) is 0 Å². The molecule has 0 saturated heterocycles. The molecule has 4 unspecified atom stereocenters. The Morgan fingerprint density at radius 3 is 2.14 bits per heavy atom. The van der Waals surface area contributed by atoms with Crippen molar-refractivity contribution in [1.82, 2.24) is 10.6 Å². The fourth-order valence-corrected chi connectivity index (χ4v) is 10.2. The number of para-hydroxylation sites is 1. The lowest BCUT2D eigenvalue weighted by Gasteiger charge is -2.32. The van der Waals surface area contributed by atoms with Crippen LogP contribution >= 0.6 is 11.3 Å². The van der Waals surface area contributed by atoms with Crippen molar-refractivity contribution >= 4 is 70.7 Å². The first-order chi connectivity index (χ1) is 28.2. The second-order valence-corrected chi connectivity index (χ2v) is 16.3. The lowest BCUT2D eigenvalue weighted by atomic mass is 9.91. The number of allylic oxidation sites excluding steroid dienone is 2. The predicted molar refractivity (Wildman–Crippen MR) is 237 cm³/mol. The molecule has 272 valence electrons. The largest absolute Gasteiger partial charge is 0.456 e. The smallest absolute Gasteiger partial charge is 0.136 e. The normalized spacial score (nSPS) is 19.9. The molecule has 0 saturated carbocycles. The topological polar surface area (TPSA) is 52.8 Å². The molecule has 0 spiro atoms. The number of aliphatic imine (C=N–C) groups is 1. The summed E-state index contributed by atoms with van der Waals surface area (Å²) in [6.45, 7) is 0. The van der Waals surface area contributed by atoms with Crippen molar-refractivity contribution in [2.75, 3.05) is 4.90 Å². The van der Waals surface area contributed by atoms with Crippen LogP contribution in [0.5, 0.6) is 0 Å². The zero-order chi connectivity index (χ0) is 37.5. The van der Waals surface area contributed by atoms with Gasteiger partial charge in [0.2, 0.25) is 0 Å². The van der Waals surface area contributed by atoms with Gasteiger partial charge in [0.05, 0.1) is 6.04 Å². The number of thiophene rings is 1. The van der Waals surface area contributed by atoms with E-state index in [9.17, 15) is 0 Å². The third-order valence-electron chi connectivity index (χ3n) is 11.9. The Morgan fingerprint density at radius 1 is 0.561 bits per heavy atom. The van der Waals surface area contributed by atoms with E-state index >= 15 is 0 Å². The second-order valence-electron chi connectivity index (χ2n) is 15.2. The molecule has 1 aliphatic carbocycles. The zero-order valence-electron chi connectivity index (χ0n) is 30.8. The summed E-state index contributed by atoms with van der Waals surface area (Å²) in [7, 11) is 0. The van der Waals surface area contributed by atoms with Crippen LogP contribution in [-0.4, -0.2) is 11.9 Å². The quantitative estimate of drug-likeness (QED) is 0.184. The van der Waals surface area contributed by atoms with Gasteiger partial charge in [-0.3, -0.25) is 5.32 Å². The molecule has 6 heteroatoms. The zero-order valence-corrected chi connectivity index (χ0v) is 31.7. The van der Waals surface area contributed by atoms with Crippen LogP contribution in [0.3, 0.4) is 0 Å². The highest BCUT2D eigenvalue weighted by atomic mass is 32.1. The Labute approximate surface area is 333 Å². The van der Waals surface area contributed by atoms with Crippen molar-refractivity contribution < 1.29 is 4.42 Å². The van der Waals surface area contributed by atoms with Crippen LogP contribution in [0, 0.1) is 0 Å². The van der Waals surface area contributed by atoms with Crippen LogP contribution in [0.15, 0.2) is 191 Å². The van der Waals surface area contributed by atoms with Gasteiger partial charge < -0.3 is 14.6 Å². The van der Waals surface area contributed by atoms with Gasteiger partial charge in [-0.15, -0.1) is 11.3 Å². The van der Waals surface area contributed by atoms with Gasteiger partial charge in [-0.1, -0.05) is 127 Å². The summed E-state index contributed by atoms with van der Waals surface area (Å²) in [4.78, 5) is 7.67. The monoisotopic (exact) mass is 752 g/mol. The molecule has 2 N–H and O–H groups in total. The van der Waals surface area contributed by atoms with E-state index in [0.717, 1.165) is 50.0 Å². The maximum Gasteiger partial charge on any atom is 0.136 e. The first-order valence-electron chi connectivity index (χ1n) is 19.6. The number of hydrogen-bond acceptors (Lipinski definition) is 6. The fourth-order valence-electron chi connectivity index (χ4n) is 9.12. The van der Waals surface area contributed by atoms with Gasteiger partial charge in [-0.2, -0.15) is 0 Å². The number of benzene rings is 7. The third kappa shape index (κ3) is 5.36. The van der Waals surface area contributed by atoms with Crippen LogP contribution in [0.25, 0.3) is 53.2 Å². The molecule has 2 aliphatic heterocycles. The van der Waals surface area contributed by atoms with Crippen molar-refractivity contribution in [3.8, 4) is 11.1 Å². The van der Waals surface area contributed by atoms with E-state index in [1.807, 2.05) is 23.5 Å². The molecule has 0 fully saturated rings. The number of fused-ring (bicyclic) bond motifs is 9. The van der Waals surface area contributed by atoms with Gasteiger partial charge in [-0.25, -0.2) is 4.99 Å². The number of amidine groups is 1. The average molecular weight is 753 g/mol. The average Bonchev–Trinajstić information content (AvgIpc) is 3.95. The van der Waals surface area contributed by atoms with Crippen molar-refractivity contribution in [2.24, 2.45) is 4.99 Å². The summed E-state index contributed by atoms with van der Waals surface area (Å²) >= 11 is 1.86. The molecule has 12 rings (SSSR count). The second kappa shape index (κ2) is 12.9. The van der Waals surface area contributed by atoms with Crippen molar-refractivity contribution in [1.29, 1.82) is 0 Å². The Hall–Kier alpha value is -6.73. The minimum Gasteiger partial charge on any atom is -0.456 e. The van der Waals surface area contributed by atoms with Gasteiger partial charge in [-0.05, 0) is 82.4 Å². The van der Waals surface area contributed by atoms with E-state index in [1.165, 1.54) is 42.7 Å². The Morgan fingerprint density at radius 2 is 1.26 bits per heavy atom. The van der Waals surface area contributed by atoms with Crippen LogP contribution in [0.2, 0.25) is 0 Å². The molecule has 3 aliphatic rings. The lowest BCUT2D eigenvalue weighted by Crippen LogP contribution is -2.44. The molecule has 57 heavy (non-hydrogen) atoms. The molecule has 0 amide bonds. The van der Waals surface area contributed by atoms with Gasteiger partial charge in [0.15, 0.2) is 0 Å². The van der Waals surface area contributed by atoms with Crippen molar-refractivity contribution in [2.45, 2.75) is 24.3 Å². The summed E-state index contributed by atoms with van der Waals surface area (Å²) in [6, 6.07) is 56.9. The molecule has 0 radical (unpaired) electrons. The predicted octanol–water partition coefficient (Wildman–Crippen LogP) is 12.7. The highest BCUT2D eigenvalue weighted by Gasteiger charge is 2.37. The minimum atomic E-state index is -0.259. The maximum atomic E-state index is 6.65. The van der Waals surface area contributed by atoms with Gasteiger partial charge >= 0.3 is 0 Å². The van der Waals surface area contributed by atoms with Gasteiger partial charge in [0, 0.05) is 53.8 Å². The number of furan rings is 1. The van der Waals surface area contributed by atoms with E-state index in [-0.39, 0.29) is 18.4 Å². The summed E-state index contributed by atoms with van der Waals surface area (Å²) in [6.07, 6.45) is 8.70. The molecule has 5 nitrogen and oxygen atoms in total. The number of anilines is 2. The molecule has 7 aromatic carbocycles. The molecule has 4 atom stereocenters. The Bertz CT molecular complexity index is 3120. The first kappa shape index (κ1) is 32.5. The summed E-state index contributed by atoms with van der Waals surface area (Å²) < 4.78 is 9.25. The highest BCUT2D eigenvalue weighted by Crippen LogP contribution is 2.49. The maximum absolute atomic E-state index is 6.65. The Balaban J connectivity index is 0.898. The van der Waals surface area contributed by atoms with E-state index < -0.39 is 0 Å². The number of rotatable bonds is 5. The standard InChI is InChI=1S/C51H36N4OS/c1-3-11-31(12-4-1)49-52-50(32-13-5-2-6-14-32)54-51(53-49)35-20-24-40-39-23-19-34(28-45(39)56-46(40)29-35)33-21-25-47-41(27-33)42-30-36(22-26-48(42)57-47)55-43-17-9-7-15-37(43)38-16-8-10-18-44(38)55/h1-30,37,43,49,51,53H,(H,52,54). The number of nitrogens with zero attached hydrogens (tertiary/aromatic N) is 2. The lowest BCUT2D eigenvalue weighted by molar-refractivity contribution is 0.409. The first-order valence-corrected chi connectivity index (χ1v) is 20.4. The summed E-state index contributed by atoms with van der Waals surface area (Å²) in [5.74, 6) is 1.23. The Kier molecular flexibility index (Phi) is 7.37.